The number of hydrogen-bond donors (Lipinski definition) is 4. The van der Waals surface area contributed by atoms with E-state index in [1.54, 1.807) is 21.2 Å². The highest BCUT2D eigenvalue weighted by molar-refractivity contribution is 6.40. The Hall–Kier alpha value is -13.0. The van der Waals surface area contributed by atoms with Crippen LogP contribution in [0.1, 0.15) is 70.7 Å². The highest BCUT2D eigenvalue weighted by Crippen LogP contribution is 2.42. The second-order valence-corrected chi connectivity index (χ2v) is 29.8. The van der Waals surface area contributed by atoms with Gasteiger partial charge in [-0.25, -0.2) is 18.7 Å². The molecule has 0 saturated carbocycles. The molecule has 0 atom stereocenters. The average Bonchev–Trinajstić information content (AvgIpc) is 1.63. The van der Waals surface area contributed by atoms with Gasteiger partial charge in [-0.05, 0) is 18.3 Å². The summed E-state index contributed by atoms with van der Waals surface area (Å²) in [6.45, 7) is 13.0. The molecule has 634 valence electrons. The van der Waals surface area contributed by atoms with Crippen LogP contribution in [0.4, 0.5) is 0 Å². The van der Waals surface area contributed by atoms with Gasteiger partial charge in [0.05, 0.1) is 48.2 Å². The van der Waals surface area contributed by atoms with Gasteiger partial charge in [-0.1, -0.05) is 353 Å². The molecule has 123 heavy (non-hydrogen) atoms. The van der Waals surface area contributed by atoms with E-state index in [4.69, 9.17) is 61.3 Å². The highest BCUT2D eigenvalue weighted by atomic mass is 35.5. The van der Waals surface area contributed by atoms with Crippen LogP contribution in [0.25, 0.3) is 134 Å². The number of nitrogens with zero attached hydrogens (tertiary/aromatic N) is 16. The van der Waals surface area contributed by atoms with Crippen molar-refractivity contribution in [1.82, 2.24) is 101 Å². The van der Waals surface area contributed by atoms with Crippen LogP contribution < -0.4 is 21.3 Å². The summed E-state index contributed by atoms with van der Waals surface area (Å²) in [6.07, 6.45) is 0.868. The van der Waals surface area contributed by atoms with E-state index in [1.165, 1.54) is 4.68 Å². The Morgan fingerprint density at radius 2 is 0.496 bits per heavy atom. The first-order chi connectivity index (χ1) is 58.0. The molecule has 4 N–H and O–H groups in total. The van der Waals surface area contributed by atoms with Gasteiger partial charge < -0.3 is 26.0 Å². The number of amides is 4. The second kappa shape index (κ2) is 45.0. The molecule has 8 aromatic heterocycles. The fourth-order valence-corrected chi connectivity index (χ4v) is 14.1. The summed E-state index contributed by atoms with van der Waals surface area (Å²) in [4.78, 5) is 49.5. The molecular formula is C94H100Cl4N20O5. The topological polar surface area (TPSA) is 300 Å². The minimum atomic E-state index is -0.193. The van der Waals surface area contributed by atoms with Crippen LogP contribution in [0.3, 0.4) is 0 Å². The number of carbonyl (C=O) groups excluding carboxylic acids is 4. The zero-order valence-electron chi connectivity index (χ0n) is 66.0. The van der Waals surface area contributed by atoms with Crippen LogP contribution in [-0.4, -0.2) is 143 Å². The number of aromatic nitrogens is 16. The van der Waals surface area contributed by atoms with Crippen molar-refractivity contribution in [3.8, 4) is 90.1 Å². The molecule has 16 rings (SSSR count). The number of fused-ring (bicyclic) bond motifs is 4. The summed E-state index contributed by atoms with van der Waals surface area (Å²) in [7, 11) is 1.58. The fourth-order valence-electron chi connectivity index (χ4n) is 12.8. The van der Waals surface area contributed by atoms with Gasteiger partial charge in [0.1, 0.15) is 71.7 Å². The van der Waals surface area contributed by atoms with E-state index in [2.05, 4.69) is 72.3 Å². The van der Waals surface area contributed by atoms with Crippen molar-refractivity contribution in [3.63, 3.8) is 0 Å². The minimum Gasteiger partial charge on any atom is -0.383 e. The quantitative estimate of drug-likeness (QED) is 0.0387. The molecule has 0 saturated heterocycles. The van der Waals surface area contributed by atoms with Crippen LogP contribution in [0.15, 0.2) is 243 Å². The molecule has 0 unspecified atom stereocenters. The standard InChI is InChI=1S/2C23H22ClN5O.C22H20ClN5O2.C22H20ClN5O.4CH4/c2*1-15(2)13-25-18(30)14-29-23-19(21(28-29)16-9-5-3-6-10-16)20(24)22(26-27-23)17-11-7-4-8-12-17;1-30-13-12-24-17(29)14-28-22-18(20(27-28)15-8-4-2-5-9-15)19(23)21(25-26-22)16-10-6-3-7-11-16;1-2-13-24-17(29)14-28-22-18(20(27-28)15-9-5-3-6-10-15)19(23)21(25-26-22)16-11-7-4-8-12-16;;;;/h2*3-12,15H,13-14H2,1-2H3,(H,25,30);2-11H,12-14H2,1H3,(H,24,29);3-12H,2,13-14H2,1H3,(H,24,29);4*1H4. The van der Waals surface area contributed by atoms with Gasteiger partial charge in [-0.15, -0.1) is 40.8 Å². The lowest BCUT2D eigenvalue weighted by atomic mass is 10.1. The average molecular weight is 1730 g/mol. The summed E-state index contributed by atoms with van der Waals surface area (Å²) in [5, 5.41) is 69.7. The third-order valence-electron chi connectivity index (χ3n) is 18.6. The molecule has 8 heterocycles. The Kier molecular flexibility index (Phi) is 34.3. The van der Waals surface area contributed by atoms with Gasteiger partial charge in [0, 0.05) is 77.8 Å². The Balaban J connectivity index is 0.000000184. The first-order valence-electron chi connectivity index (χ1n) is 38.7. The lowest BCUT2D eigenvalue weighted by Crippen LogP contribution is -2.31. The summed E-state index contributed by atoms with van der Waals surface area (Å²) < 4.78 is 11.2. The molecule has 0 radical (unpaired) electrons. The molecule has 0 aliphatic carbocycles. The maximum Gasteiger partial charge on any atom is 0.241 e. The van der Waals surface area contributed by atoms with E-state index in [0.29, 0.717) is 154 Å². The summed E-state index contributed by atoms with van der Waals surface area (Å²) in [6, 6.07) is 77.6. The van der Waals surface area contributed by atoms with Gasteiger partial charge in [0.15, 0.2) is 22.6 Å². The predicted octanol–water partition coefficient (Wildman–Crippen LogP) is 19.6. The molecule has 0 fully saturated rings. The number of nitrogens with one attached hydrogen (secondary N) is 4. The molecular weight excluding hydrogens is 1630 g/mol. The van der Waals surface area contributed by atoms with Gasteiger partial charge in [0.2, 0.25) is 23.6 Å². The van der Waals surface area contributed by atoms with Crippen LogP contribution in [0, 0.1) is 11.8 Å². The van der Waals surface area contributed by atoms with E-state index < -0.39 is 0 Å². The molecule has 0 aliphatic rings. The van der Waals surface area contributed by atoms with E-state index in [-0.39, 0.29) is 79.5 Å². The third-order valence-corrected chi connectivity index (χ3v) is 20.0. The summed E-state index contributed by atoms with van der Waals surface area (Å²) >= 11 is 27.3. The number of ether oxygens (including phenoxy) is 1. The van der Waals surface area contributed by atoms with Crippen molar-refractivity contribution in [2.24, 2.45) is 11.8 Å². The number of carbonyl (C=O) groups is 4. The van der Waals surface area contributed by atoms with Crippen LogP contribution in [0.5, 0.6) is 0 Å². The van der Waals surface area contributed by atoms with Crippen molar-refractivity contribution in [2.75, 3.05) is 39.9 Å². The summed E-state index contributed by atoms with van der Waals surface area (Å²) in [5.74, 6) is 0.161. The van der Waals surface area contributed by atoms with Crippen LogP contribution >= 0.6 is 46.4 Å². The third kappa shape index (κ3) is 22.8. The van der Waals surface area contributed by atoms with Crippen molar-refractivity contribution in [3.05, 3.63) is 263 Å². The molecule has 8 aromatic carbocycles. The SMILES string of the molecule is C.C.C.C.CC(C)CNC(=O)Cn1nc(-c2ccccc2)c2c(Cl)c(-c3ccccc3)nnc21.CC(C)CNC(=O)Cn1nc(-c2ccccc2)c2c(Cl)c(-c3ccccc3)nnc21.CCCNC(=O)Cn1nc(-c2ccccc2)c2c(Cl)c(-c3ccccc3)nnc21.COCCNC(=O)Cn1nc(-c2ccccc2)c2c(Cl)c(-c3ccccc3)nnc21. The van der Waals surface area contributed by atoms with E-state index in [0.717, 1.165) is 50.9 Å². The molecule has 4 amide bonds. The molecule has 25 nitrogen and oxygen atoms in total. The van der Waals surface area contributed by atoms with Crippen LogP contribution in [-0.2, 0) is 50.1 Å². The predicted molar refractivity (Wildman–Crippen MR) is 496 cm³/mol. The van der Waals surface area contributed by atoms with Crippen LogP contribution in [0.2, 0.25) is 20.1 Å². The second-order valence-electron chi connectivity index (χ2n) is 28.3. The molecule has 0 bridgehead atoms. The maximum absolute atomic E-state index is 12.4. The van der Waals surface area contributed by atoms with Crippen molar-refractivity contribution in [2.45, 2.75) is 96.9 Å². The molecule has 16 aromatic rings. The fraction of sp³-hybridized carbons (Fsp3) is 0.234. The molecule has 0 aliphatic heterocycles. The first-order valence-corrected chi connectivity index (χ1v) is 40.2. The Bertz CT molecular complexity index is 5960. The first kappa shape index (κ1) is 93.8. The normalized spacial score (nSPS) is 10.7. The Morgan fingerprint density at radius 3 is 0.691 bits per heavy atom. The largest absolute Gasteiger partial charge is 0.383 e. The van der Waals surface area contributed by atoms with Gasteiger partial charge in [0.25, 0.3) is 0 Å². The van der Waals surface area contributed by atoms with Gasteiger partial charge >= 0.3 is 0 Å². The van der Waals surface area contributed by atoms with E-state index in [1.807, 2.05) is 277 Å². The number of halogens is 4. The monoisotopic (exact) mass is 1730 g/mol. The zero-order chi connectivity index (χ0) is 83.3. The number of rotatable bonds is 25. The van der Waals surface area contributed by atoms with Crippen molar-refractivity contribution in [1.29, 1.82) is 0 Å². The Labute approximate surface area is 736 Å². The number of methoxy groups -OCH3 is 1. The minimum absolute atomic E-state index is 0. The Morgan fingerprint density at radius 1 is 0.301 bits per heavy atom. The lowest BCUT2D eigenvalue weighted by molar-refractivity contribution is -0.122. The van der Waals surface area contributed by atoms with Gasteiger partial charge in [-0.3, -0.25) is 19.2 Å². The lowest BCUT2D eigenvalue weighted by Gasteiger charge is -2.08. The maximum atomic E-state index is 12.4. The van der Waals surface area contributed by atoms with Crippen molar-refractivity contribution < 1.29 is 23.9 Å². The number of benzene rings is 8. The number of hydrogen-bond acceptors (Lipinski definition) is 17. The molecule has 29 heteroatoms. The smallest absolute Gasteiger partial charge is 0.241 e. The zero-order valence-corrected chi connectivity index (χ0v) is 69.1. The van der Waals surface area contributed by atoms with Gasteiger partial charge in [-0.2, -0.15) is 20.4 Å². The van der Waals surface area contributed by atoms with E-state index in [9.17, 15) is 19.2 Å². The molecule has 0 spiro atoms. The highest BCUT2D eigenvalue weighted by Gasteiger charge is 2.28. The summed E-state index contributed by atoms with van der Waals surface area (Å²) in [5.41, 5.74) is 14.0. The van der Waals surface area contributed by atoms with E-state index >= 15 is 0 Å². The van der Waals surface area contributed by atoms with Crippen molar-refractivity contribution >= 4 is 114 Å².